The van der Waals surface area contributed by atoms with Gasteiger partial charge in [0.2, 0.25) is 0 Å². The fourth-order valence-electron chi connectivity index (χ4n) is 4.54. The third-order valence-electron chi connectivity index (χ3n) is 6.22. The van der Waals surface area contributed by atoms with E-state index in [-0.39, 0.29) is 5.54 Å². The molecule has 0 amide bonds. The van der Waals surface area contributed by atoms with Gasteiger partial charge in [-0.2, -0.15) is 0 Å². The Morgan fingerprint density at radius 3 is 2.43 bits per heavy atom. The molecule has 1 spiro atoms. The van der Waals surface area contributed by atoms with Gasteiger partial charge in [0.1, 0.15) is 0 Å². The highest BCUT2D eigenvalue weighted by atomic mass is 16.5. The van der Waals surface area contributed by atoms with E-state index in [1.165, 1.54) is 0 Å². The van der Waals surface area contributed by atoms with Crippen molar-refractivity contribution < 1.29 is 14.2 Å². The van der Waals surface area contributed by atoms with E-state index in [0.717, 1.165) is 71.9 Å². The minimum absolute atomic E-state index is 0.173. The first-order chi connectivity index (χ1) is 11.1. The lowest BCUT2D eigenvalue weighted by atomic mass is 9.57. The summed E-state index contributed by atoms with van der Waals surface area (Å²) in [6, 6.07) is 0.572. The molecule has 5 nitrogen and oxygen atoms in total. The van der Waals surface area contributed by atoms with Crippen molar-refractivity contribution in [2.45, 2.75) is 57.7 Å². The van der Waals surface area contributed by atoms with Crippen LogP contribution in [-0.4, -0.2) is 75.3 Å². The zero-order valence-electron chi connectivity index (χ0n) is 15.1. The van der Waals surface area contributed by atoms with E-state index in [1.54, 1.807) is 0 Å². The first-order valence-electron chi connectivity index (χ1n) is 9.34. The van der Waals surface area contributed by atoms with Crippen LogP contribution in [0.4, 0.5) is 0 Å². The third-order valence-corrected chi connectivity index (χ3v) is 6.22. The number of hydrogen-bond acceptors (Lipinski definition) is 5. The third kappa shape index (κ3) is 3.59. The Bertz CT molecular complexity index is 376. The van der Waals surface area contributed by atoms with Crippen molar-refractivity contribution in [1.29, 1.82) is 0 Å². The van der Waals surface area contributed by atoms with Crippen molar-refractivity contribution in [1.82, 2.24) is 10.2 Å². The maximum atomic E-state index is 6.03. The second kappa shape index (κ2) is 7.36. The number of nitrogens with one attached hydrogen (secondary N) is 1. The van der Waals surface area contributed by atoms with E-state index in [4.69, 9.17) is 14.2 Å². The van der Waals surface area contributed by atoms with Crippen LogP contribution in [0.5, 0.6) is 0 Å². The summed E-state index contributed by atoms with van der Waals surface area (Å²) in [4.78, 5) is 2.55. The standard InChI is InChI=1S/C18H34N2O3/c1-4-23-16-13-15(18(16)5-9-21-10-6-18)19-14-17(2,3)20-7-11-22-12-8-20/h15-16,19H,4-14H2,1-3H3. The molecular formula is C18H34N2O3. The lowest BCUT2D eigenvalue weighted by Crippen LogP contribution is -2.67. The topological polar surface area (TPSA) is 43.0 Å². The average molecular weight is 326 g/mol. The molecule has 2 heterocycles. The normalized spacial score (nSPS) is 32.0. The summed E-state index contributed by atoms with van der Waals surface area (Å²) in [7, 11) is 0. The zero-order chi connectivity index (χ0) is 16.3. The predicted molar refractivity (Wildman–Crippen MR) is 90.8 cm³/mol. The Morgan fingerprint density at radius 1 is 1.13 bits per heavy atom. The molecule has 1 saturated carbocycles. The molecule has 0 aromatic carbocycles. The number of morpholine rings is 1. The first kappa shape index (κ1) is 17.6. The Balaban J connectivity index is 1.56. The molecule has 2 unspecified atom stereocenters. The summed E-state index contributed by atoms with van der Waals surface area (Å²) in [6.45, 7) is 14.2. The fraction of sp³-hybridized carbons (Fsp3) is 1.00. The summed E-state index contributed by atoms with van der Waals surface area (Å²) in [5, 5.41) is 3.89. The van der Waals surface area contributed by atoms with Gasteiger partial charge in [-0.1, -0.05) is 0 Å². The van der Waals surface area contributed by atoms with Gasteiger partial charge in [-0.25, -0.2) is 0 Å². The Morgan fingerprint density at radius 2 is 1.78 bits per heavy atom. The molecule has 23 heavy (non-hydrogen) atoms. The van der Waals surface area contributed by atoms with E-state index in [1.807, 2.05) is 0 Å². The molecule has 2 atom stereocenters. The largest absolute Gasteiger partial charge is 0.381 e. The van der Waals surface area contributed by atoms with Crippen molar-refractivity contribution >= 4 is 0 Å². The van der Waals surface area contributed by atoms with Crippen molar-refractivity contribution in [2.75, 3.05) is 52.7 Å². The summed E-state index contributed by atoms with van der Waals surface area (Å²) in [5.74, 6) is 0. The molecule has 2 saturated heterocycles. The molecule has 0 aromatic rings. The van der Waals surface area contributed by atoms with E-state index >= 15 is 0 Å². The van der Waals surface area contributed by atoms with Gasteiger partial charge in [0, 0.05) is 56.5 Å². The Labute approximate surface area is 141 Å². The lowest BCUT2D eigenvalue weighted by molar-refractivity contribution is -0.174. The monoisotopic (exact) mass is 326 g/mol. The van der Waals surface area contributed by atoms with Gasteiger partial charge in [0.15, 0.2) is 0 Å². The van der Waals surface area contributed by atoms with Crippen LogP contribution in [0.2, 0.25) is 0 Å². The van der Waals surface area contributed by atoms with Crippen LogP contribution in [0.15, 0.2) is 0 Å². The summed E-state index contributed by atoms with van der Waals surface area (Å²) in [5.41, 5.74) is 0.474. The minimum Gasteiger partial charge on any atom is -0.381 e. The van der Waals surface area contributed by atoms with E-state index in [9.17, 15) is 0 Å². The Hall–Kier alpha value is -0.200. The second-order valence-corrected chi connectivity index (χ2v) is 7.87. The summed E-state index contributed by atoms with van der Waals surface area (Å²) < 4.78 is 17.1. The lowest BCUT2D eigenvalue weighted by Gasteiger charge is -2.58. The van der Waals surface area contributed by atoms with Crippen LogP contribution in [0.25, 0.3) is 0 Å². The van der Waals surface area contributed by atoms with Crippen LogP contribution >= 0.6 is 0 Å². The summed E-state index contributed by atoms with van der Waals surface area (Å²) >= 11 is 0. The quantitative estimate of drug-likeness (QED) is 0.804. The SMILES string of the molecule is CCOC1CC(NCC(C)(C)N2CCOCC2)C12CCOCC2. The molecule has 3 rings (SSSR count). The molecular weight excluding hydrogens is 292 g/mol. The second-order valence-electron chi connectivity index (χ2n) is 7.87. The average Bonchev–Trinajstić information content (AvgIpc) is 2.59. The van der Waals surface area contributed by atoms with Crippen LogP contribution in [0.3, 0.4) is 0 Å². The highest BCUT2D eigenvalue weighted by Crippen LogP contribution is 2.50. The smallest absolute Gasteiger partial charge is 0.0662 e. The molecule has 1 aliphatic carbocycles. The van der Waals surface area contributed by atoms with Crippen molar-refractivity contribution in [3.05, 3.63) is 0 Å². The zero-order valence-corrected chi connectivity index (χ0v) is 15.1. The first-order valence-corrected chi connectivity index (χ1v) is 9.34. The molecule has 1 N–H and O–H groups in total. The number of hydrogen-bond donors (Lipinski definition) is 1. The van der Waals surface area contributed by atoms with Crippen molar-refractivity contribution in [3.8, 4) is 0 Å². The van der Waals surface area contributed by atoms with Gasteiger partial charge in [-0.15, -0.1) is 0 Å². The van der Waals surface area contributed by atoms with Crippen LogP contribution in [0, 0.1) is 5.41 Å². The number of rotatable bonds is 6. The molecule has 3 aliphatic rings. The van der Waals surface area contributed by atoms with E-state index in [0.29, 0.717) is 17.6 Å². The molecule has 0 radical (unpaired) electrons. The minimum atomic E-state index is 0.173. The summed E-state index contributed by atoms with van der Waals surface area (Å²) in [6.07, 6.45) is 3.83. The van der Waals surface area contributed by atoms with Gasteiger partial charge >= 0.3 is 0 Å². The van der Waals surface area contributed by atoms with Gasteiger partial charge < -0.3 is 19.5 Å². The molecule has 0 aromatic heterocycles. The maximum Gasteiger partial charge on any atom is 0.0662 e. The van der Waals surface area contributed by atoms with Gasteiger partial charge in [0.25, 0.3) is 0 Å². The highest BCUT2D eigenvalue weighted by molar-refractivity contribution is 5.09. The van der Waals surface area contributed by atoms with Gasteiger partial charge in [-0.05, 0) is 40.0 Å². The molecule has 0 bridgehead atoms. The highest BCUT2D eigenvalue weighted by Gasteiger charge is 2.56. The number of nitrogens with zero attached hydrogens (tertiary/aromatic N) is 1. The van der Waals surface area contributed by atoms with Crippen LogP contribution in [-0.2, 0) is 14.2 Å². The molecule has 3 fully saturated rings. The predicted octanol–water partition coefficient (Wildman–Crippen LogP) is 1.66. The molecule has 5 heteroatoms. The van der Waals surface area contributed by atoms with E-state index < -0.39 is 0 Å². The number of ether oxygens (including phenoxy) is 3. The van der Waals surface area contributed by atoms with Gasteiger partial charge in [-0.3, -0.25) is 4.90 Å². The Kier molecular flexibility index (Phi) is 5.64. The van der Waals surface area contributed by atoms with Crippen LogP contribution < -0.4 is 5.32 Å². The van der Waals surface area contributed by atoms with E-state index in [2.05, 4.69) is 31.0 Å². The van der Waals surface area contributed by atoms with Crippen molar-refractivity contribution in [3.63, 3.8) is 0 Å². The van der Waals surface area contributed by atoms with Crippen LogP contribution in [0.1, 0.15) is 40.0 Å². The van der Waals surface area contributed by atoms with Gasteiger partial charge in [0.05, 0.1) is 19.3 Å². The molecule has 2 aliphatic heterocycles. The maximum absolute atomic E-state index is 6.03. The molecule has 134 valence electrons. The fourth-order valence-corrected chi connectivity index (χ4v) is 4.54. The van der Waals surface area contributed by atoms with Crippen molar-refractivity contribution in [2.24, 2.45) is 5.41 Å².